The van der Waals surface area contributed by atoms with Crippen molar-refractivity contribution in [2.75, 3.05) is 19.6 Å². The van der Waals surface area contributed by atoms with Crippen molar-refractivity contribution in [1.82, 2.24) is 10.2 Å². The number of hydrogen-bond acceptors (Lipinski definition) is 3. The van der Waals surface area contributed by atoms with Gasteiger partial charge in [0.1, 0.15) is 0 Å². The zero-order chi connectivity index (χ0) is 15.4. The van der Waals surface area contributed by atoms with Gasteiger partial charge in [-0.1, -0.05) is 36.6 Å². The van der Waals surface area contributed by atoms with Crippen molar-refractivity contribution in [1.29, 1.82) is 0 Å². The lowest BCUT2D eigenvalue weighted by Crippen LogP contribution is -2.46. The minimum absolute atomic E-state index is 0.454. The molecule has 1 unspecified atom stereocenters. The van der Waals surface area contributed by atoms with Crippen molar-refractivity contribution in [2.24, 2.45) is 0 Å². The van der Waals surface area contributed by atoms with Gasteiger partial charge in [0, 0.05) is 23.7 Å². The summed E-state index contributed by atoms with van der Waals surface area (Å²) in [6.45, 7) is 3.04. The van der Waals surface area contributed by atoms with Crippen LogP contribution in [-0.4, -0.2) is 41.7 Å². The summed E-state index contributed by atoms with van der Waals surface area (Å²) in [5, 5.41) is 14.5. The molecule has 2 aliphatic rings. The van der Waals surface area contributed by atoms with E-state index in [0.29, 0.717) is 17.6 Å². The number of nitrogens with one attached hydrogen (secondary N) is 1. The Morgan fingerprint density at radius 1 is 1.09 bits per heavy atom. The standard InChI is InChI=1S/C18H27ClN2O/c19-15-7-5-14(6-8-15)18(22)13-20-16-9-11-21(12-10-16)17-3-1-2-4-17/h5-8,16-18,20,22H,1-4,9-13H2. The van der Waals surface area contributed by atoms with Gasteiger partial charge >= 0.3 is 0 Å². The molecule has 0 radical (unpaired) electrons. The highest BCUT2D eigenvalue weighted by atomic mass is 35.5. The van der Waals surface area contributed by atoms with Crippen LogP contribution in [0.5, 0.6) is 0 Å². The van der Waals surface area contributed by atoms with Crippen molar-refractivity contribution in [3.05, 3.63) is 34.9 Å². The Morgan fingerprint density at radius 3 is 2.36 bits per heavy atom. The van der Waals surface area contributed by atoms with Gasteiger partial charge in [-0.3, -0.25) is 0 Å². The first-order chi connectivity index (χ1) is 10.7. The smallest absolute Gasteiger partial charge is 0.0914 e. The Hall–Kier alpha value is -0.610. The van der Waals surface area contributed by atoms with E-state index in [1.807, 2.05) is 24.3 Å². The third-order valence-electron chi connectivity index (χ3n) is 5.23. The van der Waals surface area contributed by atoms with Gasteiger partial charge in [0.05, 0.1) is 6.10 Å². The van der Waals surface area contributed by atoms with Crippen LogP contribution in [0.3, 0.4) is 0 Å². The van der Waals surface area contributed by atoms with Gasteiger partial charge in [-0.15, -0.1) is 0 Å². The molecule has 2 fully saturated rings. The number of nitrogens with zero attached hydrogens (tertiary/aromatic N) is 1. The topological polar surface area (TPSA) is 35.5 Å². The molecule has 1 aliphatic heterocycles. The molecule has 0 amide bonds. The van der Waals surface area contributed by atoms with Gasteiger partial charge in [0.15, 0.2) is 0 Å². The van der Waals surface area contributed by atoms with Gasteiger partial charge in [-0.25, -0.2) is 0 Å². The zero-order valence-electron chi connectivity index (χ0n) is 13.2. The molecule has 1 aliphatic carbocycles. The Balaban J connectivity index is 1.40. The Kier molecular flexibility index (Phi) is 5.75. The fraction of sp³-hybridized carbons (Fsp3) is 0.667. The molecule has 0 aromatic heterocycles. The molecule has 0 spiro atoms. The van der Waals surface area contributed by atoms with Crippen LogP contribution >= 0.6 is 11.6 Å². The predicted molar refractivity (Wildman–Crippen MR) is 91.3 cm³/mol. The second-order valence-electron chi connectivity index (χ2n) is 6.72. The van der Waals surface area contributed by atoms with Gasteiger partial charge < -0.3 is 15.3 Å². The average Bonchev–Trinajstić information content (AvgIpc) is 3.08. The number of rotatable bonds is 5. The summed E-state index contributed by atoms with van der Waals surface area (Å²) in [5.74, 6) is 0. The molecule has 1 atom stereocenters. The number of likely N-dealkylation sites (tertiary alicyclic amines) is 1. The Labute approximate surface area is 138 Å². The van der Waals surface area contributed by atoms with Crippen molar-refractivity contribution < 1.29 is 5.11 Å². The molecule has 1 aromatic carbocycles. The van der Waals surface area contributed by atoms with Gasteiger partial charge in [0.2, 0.25) is 0 Å². The highest BCUT2D eigenvalue weighted by Crippen LogP contribution is 2.26. The summed E-state index contributed by atoms with van der Waals surface area (Å²) in [7, 11) is 0. The van der Waals surface area contributed by atoms with Crippen LogP contribution in [0.15, 0.2) is 24.3 Å². The van der Waals surface area contributed by atoms with E-state index in [-0.39, 0.29) is 0 Å². The third kappa shape index (κ3) is 4.23. The summed E-state index contributed by atoms with van der Waals surface area (Å²) in [5.41, 5.74) is 0.931. The van der Waals surface area contributed by atoms with Crippen LogP contribution in [0.4, 0.5) is 0 Å². The van der Waals surface area contributed by atoms with Crippen LogP contribution in [0.25, 0.3) is 0 Å². The normalized spacial score (nSPS) is 23.0. The first-order valence-corrected chi connectivity index (χ1v) is 9.01. The summed E-state index contributed by atoms with van der Waals surface area (Å²) >= 11 is 5.88. The van der Waals surface area contributed by atoms with Crippen LogP contribution in [0.1, 0.15) is 50.2 Å². The maximum atomic E-state index is 10.3. The van der Waals surface area contributed by atoms with Gasteiger partial charge in [0.25, 0.3) is 0 Å². The molecule has 1 aromatic rings. The minimum Gasteiger partial charge on any atom is -0.387 e. The van der Waals surface area contributed by atoms with Gasteiger partial charge in [-0.05, 0) is 56.5 Å². The van der Waals surface area contributed by atoms with Gasteiger partial charge in [-0.2, -0.15) is 0 Å². The average molecular weight is 323 g/mol. The monoisotopic (exact) mass is 322 g/mol. The second-order valence-corrected chi connectivity index (χ2v) is 7.16. The van der Waals surface area contributed by atoms with E-state index >= 15 is 0 Å². The van der Waals surface area contributed by atoms with Crippen LogP contribution in [0, 0.1) is 0 Å². The molecular formula is C18H27ClN2O. The molecule has 4 heteroatoms. The Morgan fingerprint density at radius 2 is 1.73 bits per heavy atom. The molecule has 122 valence electrons. The number of aliphatic hydroxyl groups is 1. The van der Waals surface area contributed by atoms with E-state index in [9.17, 15) is 5.11 Å². The summed E-state index contributed by atoms with van der Waals surface area (Å²) in [4.78, 5) is 2.68. The van der Waals surface area contributed by atoms with E-state index in [2.05, 4.69) is 10.2 Å². The lowest BCUT2D eigenvalue weighted by molar-refractivity contribution is 0.129. The number of piperidine rings is 1. The summed E-state index contributed by atoms with van der Waals surface area (Å²) < 4.78 is 0. The summed E-state index contributed by atoms with van der Waals surface area (Å²) in [6.07, 6.45) is 7.56. The quantitative estimate of drug-likeness (QED) is 0.872. The molecule has 3 nitrogen and oxygen atoms in total. The molecule has 0 bridgehead atoms. The predicted octanol–water partition coefficient (Wildman–Crippen LogP) is 3.37. The number of halogens is 1. The van der Waals surface area contributed by atoms with Crippen LogP contribution < -0.4 is 5.32 Å². The van der Waals surface area contributed by atoms with Crippen molar-refractivity contribution >= 4 is 11.6 Å². The van der Waals surface area contributed by atoms with Crippen molar-refractivity contribution in [2.45, 2.75) is 56.7 Å². The minimum atomic E-state index is -0.454. The van der Waals surface area contributed by atoms with Crippen molar-refractivity contribution in [3.63, 3.8) is 0 Å². The fourth-order valence-corrected chi connectivity index (χ4v) is 3.95. The second kappa shape index (κ2) is 7.78. The molecule has 3 rings (SSSR count). The maximum absolute atomic E-state index is 10.3. The Bertz CT molecular complexity index is 451. The molecule has 1 saturated carbocycles. The van der Waals surface area contributed by atoms with Crippen LogP contribution in [0.2, 0.25) is 5.02 Å². The lowest BCUT2D eigenvalue weighted by Gasteiger charge is -2.36. The molecular weight excluding hydrogens is 296 g/mol. The van der Waals surface area contributed by atoms with E-state index in [1.54, 1.807) is 0 Å². The van der Waals surface area contributed by atoms with E-state index in [1.165, 1.54) is 51.6 Å². The molecule has 1 heterocycles. The van der Waals surface area contributed by atoms with Crippen molar-refractivity contribution in [3.8, 4) is 0 Å². The first-order valence-electron chi connectivity index (χ1n) is 8.63. The maximum Gasteiger partial charge on any atom is 0.0914 e. The number of aliphatic hydroxyl groups excluding tert-OH is 1. The zero-order valence-corrected chi connectivity index (χ0v) is 13.9. The molecule has 2 N–H and O–H groups in total. The summed E-state index contributed by atoms with van der Waals surface area (Å²) in [6, 6.07) is 8.86. The highest BCUT2D eigenvalue weighted by molar-refractivity contribution is 6.30. The molecule has 22 heavy (non-hydrogen) atoms. The largest absolute Gasteiger partial charge is 0.387 e. The van der Waals surface area contributed by atoms with E-state index < -0.39 is 6.10 Å². The molecule has 1 saturated heterocycles. The third-order valence-corrected chi connectivity index (χ3v) is 5.48. The lowest BCUT2D eigenvalue weighted by atomic mass is 10.0. The number of benzene rings is 1. The van der Waals surface area contributed by atoms with E-state index in [4.69, 9.17) is 11.6 Å². The highest BCUT2D eigenvalue weighted by Gasteiger charge is 2.27. The number of hydrogen-bond donors (Lipinski definition) is 2. The van der Waals surface area contributed by atoms with Crippen LogP contribution in [-0.2, 0) is 0 Å². The fourth-order valence-electron chi connectivity index (χ4n) is 3.82. The SMILES string of the molecule is OC(CNC1CCN(C2CCCC2)CC1)c1ccc(Cl)cc1. The first kappa shape index (κ1) is 16.3. The van der Waals surface area contributed by atoms with E-state index in [0.717, 1.165) is 11.6 Å².